The average molecular weight is 228 g/mol. The second kappa shape index (κ2) is 5.05. The Hall–Kier alpha value is -0.0800. The highest BCUT2D eigenvalue weighted by atomic mass is 16.7. The Morgan fingerprint density at radius 2 is 1.81 bits per heavy atom. The predicted molar refractivity (Wildman–Crippen MR) is 67.3 cm³/mol. The molecule has 1 aliphatic rings. The largest absolute Gasteiger partial charge is 0.350 e. The molecule has 4 atom stereocenters. The van der Waals surface area contributed by atoms with Gasteiger partial charge in [0.1, 0.15) is 0 Å². The molecule has 0 amide bonds. The third-order valence-electron chi connectivity index (χ3n) is 4.30. The Kier molecular flexibility index (Phi) is 4.42. The van der Waals surface area contributed by atoms with Crippen molar-refractivity contribution in [3.8, 4) is 0 Å². The summed E-state index contributed by atoms with van der Waals surface area (Å²) in [5.41, 5.74) is 0.241. The smallest absolute Gasteiger partial charge is 0.161 e. The molecule has 0 spiro atoms. The van der Waals surface area contributed by atoms with Gasteiger partial charge in [-0.15, -0.1) is 0 Å². The van der Waals surface area contributed by atoms with E-state index in [0.717, 1.165) is 6.42 Å². The summed E-state index contributed by atoms with van der Waals surface area (Å²) in [5, 5.41) is 0. The van der Waals surface area contributed by atoms with Crippen LogP contribution in [0, 0.1) is 17.3 Å². The van der Waals surface area contributed by atoms with Gasteiger partial charge in [-0.3, -0.25) is 0 Å². The summed E-state index contributed by atoms with van der Waals surface area (Å²) in [4.78, 5) is 0. The van der Waals surface area contributed by atoms with Gasteiger partial charge in [0.2, 0.25) is 0 Å². The molecule has 2 nitrogen and oxygen atoms in total. The lowest BCUT2D eigenvalue weighted by Gasteiger charge is -2.50. The SMILES string of the molecule is CCC1O[C@@H](OC(C)C)[C@H](C)C(C)C1(C)C. The van der Waals surface area contributed by atoms with Crippen molar-refractivity contribution in [2.75, 3.05) is 0 Å². The molecule has 0 bridgehead atoms. The van der Waals surface area contributed by atoms with Crippen molar-refractivity contribution in [3.63, 3.8) is 0 Å². The van der Waals surface area contributed by atoms with Crippen LogP contribution in [-0.4, -0.2) is 18.5 Å². The lowest BCUT2D eigenvalue weighted by atomic mass is 9.67. The Bertz CT molecular complexity index is 219. The average Bonchev–Trinajstić information content (AvgIpc) is 2.19. The molecule has 0 N–H and O–H groups in total. The monoisotopic (exact) mass is 228 g/mol. The maximum absolute atomic E-state index is 6.12. The molecule has 0 aliphatic carbocycles. The van der Waals surface area contributed by atoms with Crippen molar-refractivity contribution >= 4 is 0 Å². The van der Waals surface area contributed by atoms with Crippen LogP contribution in [0.3, 0.4) is 0 Å². The number of ether oxygens (including phenoxy) is 2. The molecule has 0 aromatic rings. The van der Waals surface area contributed by atoms with Crippen molar-refractivity contribution in [2.45, 2.75) is 73.4 Å². The molecule has 1 heterocycles. The normalized spacial score (nSPS) is 39.0. The van der Waals surface area contributed by atoms with Crippen molar-refractivity contribution in [1.82, 2.24) is 0 Å². The van der Waals surface area contributed by atoms with E-state index in [0.29, 0.717) is 17.9 Å². The van der Waals surface area contributed by atoms with Crippen LogP contribution in [-0.2, 0) is 9.47 Å². The fraction of sp³-hybridized carbons (Fsp3) is 1.00. The topological polar surface area (TPSA) is 18.5 Å². The fourth-order valence-electron chi connectivity index (χ4n) is 2.71. The van der Waals surface area contributed by atoms with Crippen LogP contribution in [0.4, 0.5) is 0 Å². The molecule has 2 unspecified atom stereocenters. The van der Waals surface area contributed by atoms with E-state index in [9.17, 15) is 0 Å². The Labute approximate surface area is 101 Å². The van der Waals surface area contributed by atoms with Crippen LogP contribution >= 0.6 is 0 Å². The second-order valence-electron chi connectivity index (χ2n) is 6.06. The zero-order valence-electron chi connectivity index (χ0n) is 11.9. The molecule has 0 aromatic carbocycles. The van der Waals surface area contributed by atoms with E-state index in [2.05, 4.69) is 48.5 Å². The first kappa shape index (κ1) is 14.0. The van der Waals surface area contributed by atoms with Crippen LogP contribution in [0.25, 0.3) is 0 Å². The molecular formula is C14H28O2. The zero-order valence-corrected chi connectivity index (χ0v) is 11.9. The van der Waals surface area contributed by atoms with Crippen LogP contribution in [0.2, 0.25) is 0 Å². The minimum atomic E-state index is -0.0343. The van der Waals surface area contributed by atoms with E-state index in [1.54, 1.807) is 0 Å². The van der Waals surface area contributed by atoms with Gasteiger partial charge in [0.25, 0.3) is 0 Å². The molecule has 2 heteroatoms. The summed E-state index contributed by atoms with van der Waals surface area (Å²) in [6.07, 6.45) is 1.57. The van der Waals surface area contributed by atoms with Crippen LogP contribution in [0.15, 0.2) is 0 Å². The zero-order chi connectivity index (χ0) is 12.5. The Morgan fingerprint density at radius 1 is 1.25 bits per heavy atom. The summed E-state index contributed by atoms with van der Waals surface area (Å²) in [7, 11) is 0. The van der Waals surface area contributed by atoms with E-state index in [1.807, 2.05) is 0 Å². The van der Waals surface area contributed by atoms with E-state index in [-0.39, 0.29) is 17.8 Å². The standard InChI is InChI=1S/C14H28O2/c1-8-12-14(6,7)11(5)10(4)13(16-12)15-9(2)3/h9-13H,8H2,1-7H3/t10-,11?,12?,13-/m1/s1. The number of rotatable bonds is 3. The maximum Gasteiger partial charge on any atom is 0.161 e. The molecular weight excluding hydrogens is 200 g/mol. The summed E-state index contributed by atoms with van der Waals surface area (Å²) >= 11 is 0. The predicted octanol–water partition coefficient (Wildman–Crippen LogP) is 3.84. The molecule has 0 radical (unpaired) electrons. The second-order valence-corrected chi connectivity index (χ2v) is 6.06. The molecule has 96 valence electrons. The minimum Gasteiger partial charge on any atom is -0.350 e. The molecule has 1 saturated heterocycles. The number of hydrogen-bond donors (Lipinski definition) is 0. The van der Waals surface area contributed by atoms with Crippen LogP contribution < -0.4 is 0 Å². The van der Waals surface area contributed by atoms with Crippen LogP contribution in [0.1, 0.15) is 54.9 Å². The minimum absolute atomic E-state index is 0.0343. The van der Waals surface area contributed by atoms with Gasteiger partial charge in [-0.05, 0) is 31.6 Å². The third-order valence-corrected chi connectivity index (χ3v) is 4.30. The lowest BCUT2D eigenvalue weighted by molar-refractivity contribution is -0.279. The molecule has 16 heavy (non-hydrogen) atoms. The highest BCUT2D eigenvalue weighted by Crippen LogP contribution is 2.45. The summed E-state index contributed by atoms with van der Waals surface area (Å²) in [5.74, 6) is 1.08. The summed E-state index contributed by atoms with van der Waals surface area (Å²) < 4.78 is 12.0. The first-order valence-electron chi connectivity index (χ1n) is 6.61. The highest BCUT2D eigenvalue weighted by molar-refractivity contribution is 4.91. The van der Waals surface area contributed by atoms with Gasteiger partial charge < -0.3 is 9.47 Å². The summed E-state index contributed by atoms with van der Waals surface area (Å²) in [6.45, 7) is 15.5. The van der Waals surface area contributed by atoms with E-state index < -0.39 is 0 Å². The van der Waals surface area contributed by atoms with E-state index >= 15 is 0 Å². The summed E-state index contributed by atoms with van der Waals surface area (Å²) in [6, 6.07) is 0. The molecule has 1 rings (SSSR count). The molecule has 0 aromatic heterocycles. The molecule has 1 fully saturated rings. The van der Waals surface area contributed by atoms with E-state index in [4.69, 9.17) is 9.47 Å². The van der Waals surface area contributed by atoms with Crippen LogP contribution in [0.5, 0.6) is 0 Å². The van der Waals surface area contributed by atoms with Gasteiger partial charge in [0, 0.05) is 5.92 Å². The fourth-order valence-corrected chi connectivity index (χ4v) is 2.71. The first-order chi connectivity index (χ1) is 7.30. The van der Waals surface area contributed by atoms with Crippen molar-refractivity contribution < 1.29 is 9.47 Å². The van der Waals surface area contributed by atoms with Gasteiger partial charge in [-0.25, -0.2) is 0 Å². The van der Waals surface area contributed by atoms with Gasteiger partial charge in [-0.1, -0.05) is 34.6 Å². The van der Waals surface area contributed by atoms with Gasteiger partial charge in [-0.2, -0.15) is 0 Å². The number of hydrogen-bond acceptors (Lipinski definition) is 2. The van der Waals surface area contributed by atoms with Gasteiger partial charge >= 0.3 is 0 Å². The van der Waals surface area contributed by atoms with Crippen molar-refractivity contribution in [2.24, 2.45) is 17.3 Å². The Morgan fingerprint density at radius 3 is 2.25 bits per heavy atom. The molecule has 0 saturated carbocycles. The van der Waals surface area contributed by atoms with Gasteiger partial charge in [0.05, 0.1) is 12.2 Å². The lowest BCUT2D eigenvalue weighted by Crippen LogP contribution is -2.52. The third kappa shape index (κ3) is 2.60. The van der Waals surface area contributed by atoms with Crippen molar-refractivity contribution in [3.05, 3.63) is 0 Å². The first-order valence-corrected chi connectivity index (χ1v) is 6.61. The van der Waals surface area contributed by atoms with Crippen molar-refractivity contribution in [1.29, 1.82) is 0 Å². The quantitative estimate of drug-likeness (QED) is 0.730. The molecule has 1 aliphatic heterocycles. The Balaban J connectivity index is 2.79. The highest BCUT2D eigenvalue weighted by Gasteiger charge is 2.46. The van der Waals surface area contributed by atoms with E-state index in [1.165, 1.54) is 0 Å². The maximum atomic E-state index is 6.12. The van der Waals surface area contributed by atoms with Gasteiger partial charge in [0.15, 0.2) is 6.29 Å².